The Balaban J connectivity index is 1.80. The Hall–Kier alpha value is -2.16. The molecule has 1 aromatic heterocycles. The quantitative estimate of drug-likeness (QED) is 0.828. The number of alkyl halides is 3. The lowest BCUT2D eigenvalue weighted by molar-refractivity contribution is -0.138. The largest absolute Gasteiger partial charge is 0.416 e. The number of pyridine rings is 1. The molecule has 0 bridgehead atoms. The number of carbonyl (C=O) groups is 2. The van der Waals surface area contributed by atoms with Gasteiger partial charge in [0.15, 0.2) is 0 Å². The maximum Gasteiger partial charge on any atom is 0.416 e. The van der Waals surface area contributed by atoms with E-state index in [1.54, 1.807) is 4.90 Å². The van der Waals surface area contributed by atoms with E-state index in [1.807, 2.05) is 0 Å². The van der Waals surface area contributed by atoms with Gasteiger partial charge in [0.2, 0.25) is 11.8 Å². The molecule has 2 fully saturated rings. The van der Waals surface area contributed by atoms with Crippen molar-refractivity contribution >= 4 is 11.8 Å². The highest BCUT2D eigenvalue weighted by Gasteiger charge is 2.37. The lowest BCUT2D eigenvalue weighted by Gasteiger charge is -2.27. The van der Waals surface area contributed by atoms with E-state index in [4.69, 9.17) is 0 Å². The summed E-state index contributed by atoms with van der Waals surface area (Å²) in [6.45, 7) is 3.63. The minimum atomic E-state index is -4.56. The van der Waals surface area contributed by atoms with E-state index in [0.29, 0.717) is 19.5 Å². The number of rotatable bonds is 5. The van der Waals surface area contributed by atoms with Crippen LogP contribution in [-0.2, 0) is 22.3 Å². The zero-order valence-electron chi connectivity index (χ0n) is 15.9. The first-order chi connectivity index (χ1) is 13.3. The van der Waals surface area contributed by atoms with Crippen LogP contribution in [0.1, 0.15) is 55.5 Å². The summed E-state index contributed by atoms with van der Waals surface area (Å²) >= 11 is 0. The first-order valence-electron chi connectivity index (χ1n) is 9.58. The monoisotopic (exact) mass is 398 g/mol. The fraction of sp³-hybridized carbons (Fsp3) is 0.632. The van der Waals surface area contributed by atoms with Crippen LogP contribution < -0.4 is 5.32 Å². The molecule has 1 atom stereocenters. The van der Waals surface area contributed by atoms with Crippen molar-refractivity contribution in [1.29, 1.82) is 0 Å². The highest BCUT2D eigenvalue weighted by atomic mass is 19.4. The topological polar surface area (TPSA) is 65.5 Å². The van der Waals surface area contributed by atoms with Crippen LogP contribution >= 0.6 is 0 Å². The molecule has 0 aromatic carbocycles. The van der Waals surface area contributed by atoms with Gasteiger partial charge < -0.3 is 10.2 Å². The fourth-order valence-corrected chi connectivity index (χ4v) is 3.90. The zero-order valence-corrected chi connectivity index (χ0v) is 15.9. The van der Waals surface area contributed by atoms with Gasteiger partial charge in [0.25, 0.3) is 0 Å². The number of hydrogen-bond donors (Lipinski definition) is 1. The van der Waals surface area contributed by atoms with Gasteiger partial charge in [0.1, 0.15) is 0 Å². The highest BCUT2D eigenvalue weighted by molar-refractivity contribution is 5.79. The number of carbonyl (C=O) groups excluding carboxylic acids is 2. The molecule has 9 heteroatoms. The average Bonchev–Trinajstić information content (AvgIpc) is 3.30. The van der Waals surface area contributed by atoms with Gasteiger partial charge >= 0.3 is 6.18 Å². The zero-order chi connectivity index (χ0) is 20.3. The molecule has 0 radical (unpaired) electrons. The molecule has 2 amide bonds. The number of nitrogens with zero attached hydrogens (tertiary/aromatic N) is 3. The maximum atomic E-state index is 13.5. The molecule has 1 aromatic rings. The summed E-state index contributed by atoms with van der Waals surface area (Å²) in [5.74, 6) is -0.464. The molecule has 2 aliphatic heterocycles. The summed E-state index contributed by atoms with van der Waals surface area (Å²) in [6.07, 6.45) is 0.0874. The van der Waals surface area contributed by atoms with Crippen molar-refractivity contribution in [3.05, 3.63) is 29.1 Å². The Labute approximate surface area is 162 Å². The molecule has 3 heterocycles. The third-order valence-electron chi connectivity index (χ3n) is 5.31. The van der Waals surface area contributed by atoms with E-state index in [9.17, 15) is 22.8 Å². The van der Waals surface area contributed by atoms with Crippen molar-refractivity contribution in [2.45, 2.75) is 51.4 Å². The molecule has 2 aliphatic rings. The SMILES string of the molecule is CC(=O)NCc1cnc([C@@H]2CCCN2C(=O)CN2CCCC2)cc1C(F)(F)F. The van der Waals surface area contributed by atoms with E-state index in [2.05, 4.69) is 15.2 Å². The minimum Gasteiger partial charge on any atom is -0.352 e. The Morgan fingerprint density at radius 2 is 1.93 bits per heavy atom. The molecule has 0 unspecified atom stereocenters. The number of amides is 2. The van der Waals surface area contributed by atoms with Crippen molar-refractivity contribution in [2.24, 2.45) is 0 Å². The van der Waals surface area contributed by atoms with E-state index in [1.165, 1.54) is 6.92 Å². The van der Waals surface area contributed by atoms with Crippen LogP contribution in [0, 0.1) is 0 Å². The van der Waals surface area contributed by atoms with E-state index < -0.39 is 23.7 Å². The lowest BCUT2D eigenvalue weighted by atomic mass is 10.0. The molecule has 2 saturated heterocycles. The second-order valence-corrected chi connectivity index (χ2v) is 7.40. The summed E-state index contributed by atoms with van der Waals surface area (Å²) < 4.78 is 40.6. The van der Waals surface area contributed by atoms with Gasteiger partial charge in [0, 0.05) is 31.8 Å². The maximum absolute atomic E-state index is 13.5. The van der Waals surface area contributed by atoms with Crippen molar-refractivity contribution in [3.8, 4) is 0 Å². The van der Waals surface area contributed by atoms with Crippen LogP contribution in [0.5, 0.6) is 0 Å². The summed E-state index contributed by atoms with van der Waals surface area (Å²) in [6, 6.07) is 0.592. The van der Waals surface area contributed by atoms with Gasteiger partial charge in [-0.2, -0.15) is 13.2 Å². The van der Waals surface area contributed by atoms with Crippen LogP contribution in [0.25, 0.3) is 0 Å². The molecule has 0 saturated carbocycles. The van der Waals surface area contributed by atoms with E-state index in [0.717, 1.165) is 44.6 Å². The smallest absolute Gasteiger partial charge is 0.352 e. The first-order valence-corrected chi connectivity index (χ1v) is 9.58. The third kappa shape index (κ3) is 4.81. The van der Waals surface area contributed by atoms with Gasteiger partial charge in [-0.05, 0) is 44.8 Å². The summed E-state index contributed by atoms with van der Waals surface area (Å²) in [7, 11) is 0. The third-order valence-corrected chi connectivity index (χ3v) is 5.31. The summed E-state index contributed by atoms with van der Waals surface area (Å²) in [4.78, 5) is 31.7. The van der Waals surface area contributed by atoms with Crippen LogP contribution in [0.3, 0.4) is 0 Å². The molecule has 0 spiro atoms. The Kier molecular flexibility index (Phi) is 6.22. The molecule has 6 nitrogen and oxygen atoms in total. The van der Waals surface area contributed by atoms with Crippen LogP contribution in [-0.4, -0.2) is 52.8 Å². The van der Waals surface area contributed by atoms with Gasteiger partial charge in [-0.15, -0.1) is 0 Å². The van der Waals surface area contributed by atoms with Crippen molar-refractivity contribution < 1.29 is 22.8 Å². The number of aromatic nitrogens is 1. The molecule has 154 valence electrons. The van der Waals surface area contributed by atoms with Crippen LogP contribution in [0.4, 0.5) is 13.2 Å². The first kappa shape index (κ1) is 20.6. The van der Waals surface area contributed by atoms with Gasteiger partial charge in [-0.3, -0.25) is 19.5 Å². The normalized spacial score (nSPS) is 20.6. The number of hydrogen-bond acceptors (Lipinski definition) is 4. The predicted octanol–water partition coefficient (Wildman–Crippen LogP) is 2.50. The summed E-state index contributed by atoms with van der Waals surface area (Å²) in [5.41, 5.74) is -0.643. The summed E-state index contributed by atoms with van der Waals surface area (Å²) in [5, 5.41) is 2.38. The molecule has 28 heavy (non-hydrogen) atoms. The predicted molar refractivity (Wildman–Crippen MR) is 96.1 cm³/mol. The average molecular weight is 398 g/mol. The molecular formula is C19H25F3N4O2. The Morgan fingerprint density at radius 3 is 2.57 bits per heavy atom. The minimum absolute atomic E-state index is 0.0536. The second-order valence-electron chi connectivity index (χ2n) is 7.40. The van der Waals surface area contributed by atoms with Crippen LogP contribution in [0.2, 0.25) is 0 Å². The van der Waals surface area contributed by atoms with E-state index in [-0.39, 0.29) is 23.7 Å². The van der Waals surface area contributed by atoms with E-state index >= 15 is 0 Å². The standard InChI is InChI=1S/C19H25F3N4O2/c1-13(27)23-10-14-11-24-16(9-15(14)19(20,21)22)17-5-4-8-26(17)18(28)12-25-6-2-3-7-25/h9,11,17H,2-8,10,12H2,1H3,(H,23,27)/t17-/m0/s1. The van der Waals surface area contributed by atoms with Crippen LogP contribution in [0.15, 0.2) is 12.3 Å². The molecular weight excluding hydrogens is 373 g/mol. The van der Waals surface area contributed by atoms with Gasteiger partial charge in [-0.25, -0.2) is 0 Å². The number of halogens is 3. The number of nitrogens with one attached hydrogen (secondary N) is 1. The van der Waals surface area contributed by atoms with Gasteiger partial charge in [0.05, 0.1) is 23.8 Å². The van der Waals surface area contributed by atoms with Crippen molar-refractivity contribution in [2.75, 3.05) is 26.2 Å². The Morgan fingerprint density at radius 1 is 1.21 bits per heavy atom. The number of likely N-dealkylation sites (tertiary alicyclic amines) is 2. The van der Waals surface area contributed by atoms with Gasteiger partial charge in [-0.1, -0.05) is 0 Å². The fourth-order valence-electron chi connectivity index (χ4n) is 3.90. The van der Waals surface area contributed by atoms with Crippen molar-refractivity contribution in [3.63, 3.8) is 0 Å². The highest BCUT2D eigenvalue weighted by Crippen LogP contribution is 2.36. The molecule has 3 rings (SSSR count). The second kappa shape index (κ2) is 8.46. The lowest BCUT2D eigenvalue weighted by Crippen LogP contribution is -2.39. The molecule has 1 N–H and O–H groups in total. The molecule has 0 aliphatic carbocycles. The Bertz CT molecular complexity index is 732. The van der Waals surface area contributed by atoms with Crippen molar-refractivity contribution in [1.82, 2.24) is 20.1 Å².